The van der Waals surface area contributed by atoms with E-state index >= 15 is 0 Å². The van der Waals surface area contributed by atoms with Crippen LogP contribution in [0, 0.1) is 5.92 Å². The molecule has 0 aliphatic rings. The topological polar surface area (TPSA) is 142 Å². The van der Waals surface area contributed by atoms with E-state index in [2.05, 4.69) is 16.0 Å². The summed E-state index contributed by atoms with van der Waals surface area (Å²) in [7, 11) is 0. The summed E-state index contributed by atoms with van der Waals surface area (Å²) in [4.78, 5) is 58.9. The number of carboxylic acid groups (broad SMARTS) is 1. The average Bonchev–Trinajstić information content (AvgIpc) is 2.74. The van der Waals surface area contributed by atoms with E-state index in [-0.39, 0.29) is 31.1 Å². The first-order valence-corrected chi connectivity index (χ1v) is 10.7. The van der Waals surface area contributed by atoms with Crippen molar-refractivity contribution < 1.29 is 29.1 Å². The van der Waals surface area contributed by atoms with Crippen LogP contribution in [0.1, 0.15) is 52.0 Å². The largest absolute Gasteiger partial charge is 0.481 e. The second kappa shape index (κ2) is 14.0. The van der Waals surface area contributed by atoms with Crippen LogP contribution in [0.25, 0.3) is 0 Å². The third-order valence-electron chi connectivity index (χ3n) is 4.89. The zero-order chi connectivity index (χ0) is 24.1. The summed E-state index contributed by atoms with van der Waals surface area (Å²) in [5, 5.41) is 16.4. The lowest BCUT2D eigenvalue weighted by atomic mass is 10.0. The minimum atomic E-state index is -1.08. The Hall–Kier alpha value is -3.23. The number of hydrogen-bond acceptors (Lipinski definition) is 5. The van der Waals surface area contributed by atoms with Gasteiger partial charge in [-0.3, -0.25) is 19.2 Å². The Labute approximate surface area is 188 Å². The molecular formula is C23H33N3O6. The quantitative estimate of drug-likeness (QED) is 0.316. The van der Waals surface area contributed by atoms with E-state index in [9.17, 15) is 24.0 Å². The van der Waals surface area contributed by atoms with Crippen molar-refractivity contribution in [3.8, 4) is 0 Å². The van der Waals surface area contributed by atoms with Gasteiger partial charge in [0.1, 0.15) is 18.4 Å². The van der Waals surface area contributed by atoms with E-state index in [1.807, 2.05) is 30.3 Å². The van der Waals surface area contributed by atoms with Crippen LogP contribution in [0.3, 0.4) is 0 Å². The summed E-state index contributed by atoms with van der Waals surface area (Å²) in [6.45, 7) is 5.02. The molecule has 3 amide bonds. The van der Waals surface area contributed by atoms with Crippen LogP contribution in [0.5, 0.6) is 0 Å². The molecule has 0 fully saturated rings. The molecule has 0 saturated heterocycles. The standard InChI is InChI=1S/C23H33N3O6/c1-15(2)21(26-19(28)11-7-10-17-8-5-4-6-9-17)23(32)24-16(3)22(31)25-18(14-27)12-13-20(29)30/h4-6,8-9,14-16,18,21H,7,10-13H2,1-3H3,(H,24,32)(H,25,31)(H,26,28)(H,29,30)/t16-,18-,21-/m0/s1. The monoisotopic (exact) mass is 447 g/mol. The number of hydrogen-bond donors (Lipinski definition) is 4. The normalized spacial score (nSPS) is 13.5. The highest BCUT2D eigenvalue weighted by Crippen LogP contribution is 2.07. The van der Waals surface area contributed by atoms with Gasteiger partial charge in [-0.25, -0.2) is 0 Å². The molecule has 4 N–H and O–H groups in total. The van der Waals surface area contributed by atoms with Gasteiger partial charge < -0.3 is 25.9 Å². The zero-order valence-electron chi connectivity index (χ0n) is 18.8. The number of carboxylic acids is 1. The smallest absolute Gasteiger partial charge is 0.303 e. The van der Waals surface area contributed by atoms with Crippen LogP contribution in [0.15, 0.2) is 30.3 Å². The van der Waals surface area contributed by atoms with E-state index in [1.165, 1.54) is 6.92 Å². The van der Waals surface area contributed by atoms with Crippen LogP contribution in [-0.4, -0.2) is 53.2 Å². The number of amides is 3. The molecule has 9 nitrogen and oxygen atoms in total. The van der Waals surface area contributed by atoms with Gasteiger partial charge in [-0.1, -0.05) is 44.2 Å². The molecule has 0 radical (unpaired) electrons. The predicted octanol–water partition coefficient (Wildman–Crippen LogP) is 1.20. The molecule has 0 bridgehead atoms. The van der Waals surface area contributed by atoms with Gasteiger partial charge in [0.25, 0.3) is 0 Å². The van der Waals surface area contributed by atoms with Crippen molar-refractivity contribution in [2.45, 2.75) is 71.0 Å². The second-order valence-corrected chi connectivity index (χ2v) is 8.04. The zero-order valence-corrected chi connectivity index (χ0v) is 18.8. The minimum Gasteiger partial charge on any atom is -0.481 e. The Morgan fingerprint density at radius 3 is 2.16 bits per heavy atom. The van der Waals surface area contributed by atoms with Gasteiger partial charge in [-0.15, -0.1) is 0 Å². The molecule has 0 spiro atoms. The Balaban J connectivity index is 2.54. The fraction of sp³-hybridized carbons (Fsp3) is 0.522. The average molecular weight is 448 g/mol. The number of carbonyl (C=O) groups is 5. The highest BCUT2D eigenvalue weighted by Gasteiger charge is 2.27. The van der Waals surface area contributed by atoms with Crippen molar-refractivity contribution in [2.75, 3.05) is 0 Å². The number of aryl methyl sites for hydroxylation is 1. The molecule has 1 aromatic carbocycles. The first-order chi connectivity index (χ1) is 15.1. The summed E-state index contributed by atoms with van der Waals surface area (Å²) in [5.74, 6) is -2.65. The van der Waals surface area contributed by atoms with Crippen LogP contribution < -0.4 is 16.0 Å². The fourth-order valence-electron chi connectivity index (χ4n) is 3.01. The van der Waals surface area contributed by atoms with Crippen LogP contribution in [0.4, 0.5) is 0 Å². The van der Waals surface area contributed by atoms with Crippen molar-refractivity contribution in [1.82, 2.24) is 16.0 Å². The van der Waals surface area contributed by atoms with E-state index in [4.69, 9.17) is 5.11 Å². The van der Waals surface area contributed by atoms with Gasteiger partial charge in [0.15, 0.2) is 0 Å². The molecule has 9 heteroatoms. The van der Waals surface area contributed by atoms with Gasteiger partial charge in [0.05, 0.1) is 6.04 Å². The minimum absolute atomic E-state index is 0.0428. The highest BCUT2D eigenvalue weighted by atomic mass is 16.4. The van der Waals surface area contributed by atoms with E-state index in [1.54, 1.807) is 13.8 Å². The Morgan fingerprint density at radius 2 is 1.59 bits per heavy atom. The summed E-state index contributed by atoms with van der Waals surface area (Å²) < 4.78 is 0. The first kappa shape index (κ1) is 26.8. The SMILES string of the molecule is CC(C)[C@H](NC(=O)CCCc1ccccc1)C(=O)N[C@@H](C)C(=O)N[C@H](C=O)CCC(=O)O. The van der Waals surface area contributed by atoms with E-state index in [0.717, 1.165) is 12.0 Å². The molecule has 0 aromatic heterocycles. The van der Waals surface area contributed by atoms with Gasteiger partial charge >= 0.3 is 5.97 Å². The number of benzene rings is 1. The highest BCUT2D eigenvalue weighted by molar-refractivity contribution is 5.92. The Kier molecular flexibility index (Phi) is 11.7. The summed E-state index contributed by atoms with van der Waals surface area (Å²) >= 11 is 0. The van der Waals surface area contributed by atoms with Gasteiger partial charge in [0, 0.05) is 12.8 Å². The van der Waals surface area contributed by atoms with Crippen molar-refractivity contribution in [2.24, 2.45) is 5.92 Å². The molecule has 32 heavy (non-hydrogen) atoms. The second-order valence-electron chi connectivity index (χ2n) is 8.04. The lowest BCUT2D eigenvalue weighted by Gasteiger charge is -2.24. The maximum absolute atomic E-state index is 12.6. The predicted molar refractivity (Wildman–Crippen MR) is 119 cm³/mol. The third-order valence-corrected chi connectivity index (χ3v) is 4.89. The molecule has 0 heterocycles. The summed E-state index contributed by atoms with van der Waals surface area (Å²) in [5.41, 5.74) is 1.13. The van der Waals surface area contributed by atoms with Gasteiger partial charge in [-0.05, 0) is 37.7 Å². The molecule has 0 saturated carbocycles. The molecule has 1 aromatic rings. The maximum Gasteiger partial charge on any atom is 0.303 e. The molecule has 176 valence electrons. The van der Waals surface area contributed by atoms with Crippen LogP contribution in [-0.2, 0) is 30.4 Å². The van der Waals surface area contributed by atoms with Crippen LogP contribution in [0.2, 0.25) is 0 Å². The summed E-state index contributed by atoms with van der Waals surface area (Å²) in [6.07, 6.45) is 1.82. The number of aliphatic carboxylic acids is 1. The number of rotatable bonds is 14. The molecule has 0 unspecified atom stereocenters. The van der Waals surface area contributed by atoms with Crippen molar-refractivity contribution >= 4 is 30.0 Å². The molecule has 0 aliphatic heterocycles. The Bertz CT molecular complexity index is 781. The molecule has 1 rings (SSSR count). The molecular weight excluding hydrogens is 414 g/mol. The maximum atomic E-state index is 12.6. The number of nitrogens with one attached hydrogen (secondary N) is 3. The van der Waals surface area contributed by atoms with E-state index < -0.39 is 35.9 Å². The Morgan fingerprint density at radius 1 is 0.938 bits per heavy atom. The number of aldehydes is 1. The molecule has 3 atom stereocenters. The van der Waals surface area contributed by atoms with Crippen molar-refractivity contribution in [3.05, 3.63) is 35.9 Å². The van der Waals surface area contributed by atoms with Crippen LogP contribution >= 0.6 is 0 Å². The lowest BCUT2D eigenvalue weighted by Crippen LogP contribution is -2.55. The first-order valence-electron chi connectivity index (χ1n) is 10.7. The van der Waals surface area contributed by atoms with Gasteiger partial charge in [0.2, 0.25) is 17.7 Å². The van der Waals surface area contributed by atoms with Gasteiger partial charge in [-0.2, -0.15) is 0 Å². The fourth-order valence-corrected chi connectivity index (χ4v) is 3.01. The molecule has 0 aliphatic carbocycles. The lowest BCUT2D eigenvalue weighted by molar-refractivity contribution is -0.137. The van der Waals surface area contributed by atoms with E-state index in [0.29, 0.717) is 12.7 Å². The van der Waals surface area contributed by atoms with Crippen molar-refractivity contribution in [1.29, 1.82) is 0 Å². The summed E-state index contributed by atoms with van der Waals surface area (Å²) in [6, 6.07) is 7.05. The third kappa shape index (κ3) is 10.2. The number of carbonyl (C=O) groups excluding carboxylic acids is 4. The van der Waals surface area contributed by atoms with Crippen molar-refractivity contribution in [3.63, 3.8) is 0 Å².